The summed E-state index contributed by atoms with van der Waals surface area (Å²) in [4.78, 5) is 5.12. The first kappa shape index (κ1) is 16.3. The zero-order chi connectivity index (χ0) is 14.4. The molecule has 0 aromatic carbocycles. The second-order valence-electron chi connectivity index (χ2n) is 7.01. The molecule has 0 aromatic heterocycles. The molecule has 3 heteroatoms. The predicted octanol–water partition coefficient (Wildman–Crippen LogP) is 2.74. The maximum absolute atomic E-state index is 10.5. The van der Waals surface area contributed by atoms with Gasteiger partial charge in [0.15, 0.2) is 0 Å². The molecule has 2 fully saturated rings. The lowest BCUT2D eigenvalue weighted by Gasteiger charge is -2.40. The molecular formula is C17H34N2O. The lowest BCUT2D eigenvalue weighted by molar-refractivity contribution is -0.0170. The SMILES string of the molecule is CCC(O)(CC)CN1CCN(CC2CCCCC2)CC1. The number of aliphatic hydroxyl groups is 1. The first-order valence-corrected chi connectivity index (χ1v) is 8.82. The Morgan fingerprint density at radius 1 is 0.900 bits per heavy atom. The van der Waals surface area contributed by atoms with E-state index in [9.17, 15) is 5.11 Å². The summed E-state index contributed by atoms with van der Waals surface area (Å²) in [6.07, 6.45) is 8.99. The van der Waals surface area contributed by atoms with Crippen LogP contribution in [0.4, 0.5) is 0 Å². The summed E-state index contributed by atoms with van der Waals surface area (Å²) in [6.45, 7) is 11.0. The Bertz CT molecular complexity index is 264. The van der Waals surface area contributed by atoms with Crippen LogP contribution in [0.3, 0.4) is 0 Å². The Hall–Kier alpha value is -0.120. The minimum absolute atomic E-state index is 0.467. The zero-order valence-corrected chi connectivity index (χ0v) is 13.6. The highest BCUT2D eigenvalue weighted by Crippen LogP contribution is 2.25. The molecule has 3 nitrogen and oxygen atoms in total. The molecule has 0 aromatic rings. The molecule has 2 aliphatic rings. The highest BCUT2D eigenvalue weighted by atomic mass is 16.3. The number of nitrogens with zero attached hydrogens (tertiary/aromatic N) is 2. The number of hydrogen-bond acceptors (Lipinski definition) is 3. The van der Waals surface area contributed by atoms with Crippen molar-refractivity contribution in [2.75, 3.05) is 39.3 Å². The standard InChI is InChI=1S/C17H34N2O/c1-3-17(20,4-2)15-19-12-10-18(11-13-19)14-16-8-6-5-7-9-16/h16,20H,3-15H2,1-2H3. The molecule has 1 N–H and O–H groups in total. The van der Waals surface area contributed by atoms with E-state index in [1.54, 1.807) is 0 Å². The molecule has 0 atom stereocenters. The van der Waals surface area contributed by atoms with E-state index in [0.29, 0.717) is 0 Å². The molecule has 2 rings (SSSR count). The van der Waals surface area contributed by atoms with Gasteiger partial charge in [-0.1, -0.05) is 33.1 Å². The van der Waals surface area contributed by atoms with Crippen molar-refractivity contribution >= 4 is 0 Å². The van der Waals surface area contributed by atoms with Crippen LogP contribution in [0.15, 0.2) is 0 Å². The third-order valence-electron chi connectivity index (χ3n) is 5.54. The third kappa shape index (κ3) is 4.71. The molecule has 0 unspecified atom stereocenters. The Morgan fingerprint density at radius 3 is 2.00 bits per heavy atom. The third-order valence-corrected chi connectivity index (χ3v) is 5.54. The van der Waals surface area contributed by atoms with Crippen LogP contribution in [0.25, 0.3) is 0 Å². The van der Waals surface area contributed by atoms with Crippen LogP contribution in [0.2, 0.25) is 0 Å². The molecule has 1 saturated carbocycles. The molecule has 0 bridgehead atoms. The van der Waals surface area contributed by atoms with Gasteiger partial charge in [-0.15, -0.1) is 0 Å². The molecule has 0 radical (unpaired) electrons. The van der Waals surface area contributed by atoms with E-state index in [1.165, 1.54) is 51.7 Å². The van der Waals surface area contributed by atoms with E-state index in [0.717, 1.165) is 38.4 Å². The molecule has 118 valence electrons. The first-order chi connectivity index (χ1) is 9.65. The fourth-order valence-electron chi connectivity index (χ4n) is 3.75. The van der Waals surface area contributed by atoms with Gasteiger partial charge in [0.25, 0.3) is 0 Å². The van der Waals surface area contributed by atoms with Crippen LogP contribution >= 0.6 is 0 Å². The molecule has 1 saturated heterocycles. The second kappa shape index (κ2) is 7.77. The monoisotopic (exact) mass is 282 g/mol. The summed E-state index contributed by atoms with van der Waals surface area (Å²) in [7, 11) is 0. The van der Waals surface area contributed by atoms with Gasteiger partial charge in [-0.3, -0.25) is 4.90 Å². The van der Waals surface area contributed by atoms with Gasteiger partial charge < -0.3 is 10.0 Å². The van der Waals surface area contributed by atoms with Crippen molar-refractivity contribution in [1.82, 2.24) is 9.80 Å². The highest BCUT2D eigenvalue weighted by Gasteiger charge is 2.28. The quantitative estimate of drug-likeness (QED) is 0.811. The van der Waals surface area contributed by atoms with Crippen LogP contribution in [0, 0.1) is 5.92 Å². The van der Waals surface area contributed by atoms with Gasteiger partial charge >= 0.3 is 0 Å². The van der Waals surface area contributed by atoms with E-state index >= 15 is 0 Å². The minimum atomic E-state index is -0.467. The summed E-state index contributed by atoms with van der Waals surface area (Å²) in [5.41, 5.74) is -0.467. The highest BCUT2D eigenvalue weighted by molar-refractivity contribution is 4.83. The van der Waals surface area contributed by atoms with Crippen LogP contribution < -0.4 is 0 Å². The van der Waals surface area contributed by atoms with Gasteiger partial charge in [-0.05, 0) is 31.6 Å². The van der Waals surface area contributed by atoms with Crippen molar-refractivity contribution in [3.05, 3.63) is 0 Å². The Kier molecular flexibility index (Phi) is 6.31. The first-order valence-electron chi connectivity index (χ1n) is 8.82. The molecule has 0 amide bonds. The molecule has 1 aliphatic carbocycles. The topological polar surface area (TPSA) is 26.7 Å². The van der Waals surface area contributed by atoms with Crippen LogP contribution in [0.1, 0.15) is 58.8 Å². The van der Waals surface area contributed by atoms with Gasteiger partial charge in [0, 0.05) is 39.3 Å². The lowest BCUT2D eigenvalue weighted by atomic mass is 9.89. The summed E-state index contributed by atoms with van der Waals surface area (Å²) in [5, 5.41) is 10.5. The fraction of sp³-hybridized carbons (Fsp3) is 1.00. The van der Waals surface area contributed by atoms with E-state index in [-0.39, 0.29) is 0 Å². The van der Waals surface area contributed by atoms with Crippen molar-refractivity contribution in [3.8, 4) is 0 Å². The average molecular weight is 282 g/mol. The molecule has 0 spiro atoms. The fourth-order valence-corrected chi connectivity index (χ4v) is 3.75. The predicted molar refractivity (Wildman–Crippen MR) is 85.0 cm³/mol. The van der Waals surface area contributed by atoms with Gasteiger partial charge in [-0.2, -0.15) is 0 Å². The maximum Gasteiger partial charge on any atom is 0.0768 e. The number of hydrogen-bond donors (Lipinski definition) is 1. The maximum atomic E-state index is 10.5. The van der Waals surface area contributed by atoms with E-state index in [4.69, 9.17) is 0 Å². The Morgan fingerprint density at radius 2 is 1.45 bits per heavy atom. The normalized spacial score (nSPS) is 24.1. The Labute approximate surface area is 125 Å². The number of rotatable bonds is 6. The summed E-state index contributed by atoms with van der Waals surface area (Å²) in [6, 6.07) is 0. The minimum Gasteiger partial charge on any atom is -0.389 e. The summed E-state index contributed by atoms with van der Waals surface area (Å²) >= 11 is 0. The van der Waals surface area contributed by atoms with Crippen LogP contribution in [0.5, 0.6) is 0 Å². The second-order valence-corrected chi connectivity index (χ2v) is 7.01. The van der Waals surface area contributed by atoms with Crippen molar-refractivity contribution in [2.45, 2.75) is 64.4 Å². The largest absolute Gasteiger partial charge is 0.389 e. The van der Waals surface area contributed by atoms with E-state index in [1.807, 2.05) is 0 Å². The van der Waals surface area contributed by atoms with Gasteiger partial charge in [0.05, 0.1) is 5.60 Å². The summed E-state index contributed by atoms with van der Waals surface area (Å²) in [5.74, 6) is 0.957. The molecule has 1 aliphatic heterocycles. The lowest BCUT2D eigenvalue weighted by Crippen LogP contribution is -2.52. The van der Waals surface area contributed by atoms with E-state index in [2.05, 4.69) is 23.6 Å². The van der Waals surface area contributed by atoms with Crippen molar-refractivity contribution in [3.63, 3.8) is 0 Å². The van der Waals surface area contributed by atoms with Gasteiger partial charge in [0.2, 0.25) is 0 Å². The smallest absolute Gasteiger partial charge is 0.0768 e. The molecule has 20 heavy (non-hydrogen) atoms. The van der Waals surface area contributed by atoms with Gasteiger partial charge in [-0.25, -0.2) is 0 Å². The Balaban J connectivity index is 1.69. The average Bonchev–Trinajstić information content (AvgIpc) is 2.50. The van der Waals surface area contributed by atoms with Crippen LogP contribution in [-0.4, -0.2) is 59.8 Å². The van der Waals surface area contributed by atoms with Crippen molar-refractivity contribution < 1.29 is 5.11 Å². The van der Waals surface area contributed by atoms with Crippen molar-refractivity contribution in [1.29, 1.82) is 0 Å². The summed E-state index contributed by atoms with van der Waals surface area (Å²) < 4.78 is 0. The van der Waals surface area contributed by atoms with Crippen LogP contribution in [-0.2, 0) is 0 Å². The number of β-amino-alcohol motifs (C(OH)–C–C–N with tert-alkyl or cyclic N) is 1. The molecular weight excluding hydrogens is 248 g/mol. The molecule has 1 heterocycles. The van der Waals surface area contributed by atoms with E-state index < -0.39 is 5.60 Å². The van der Waals surface area contributed by atoms with Crippen molar-refractivity contribution in [2.24, 2.45) is 5.92 Å². The zero-order valence-electron chi connectivity index (χ0n) is 13.6. The number of piperazine rings is 1. The van der Waals surface area contributed by atoms with Gasteiger partial charge in [0.1, 0.15) is 0 Å².